The summed E-state index contributed by atoms with van der Waals surface area (Å²) in [5.41, 5.74) is 0.889. The maximum Gasteiger partial charge on any atom is 0.247 e. The molecule has 2 aromatic rings. The van der Waals surface area contributed by atoms with Crippen molar-refractivity contribution < 1.29 is 4.42 Å². The van der Waals surface area contributed by atoms with Gasteiger partial charge in [0, 0.05) is 23.2 Å². The highest BCUT2D eigenvalue weighted by molar-refractivity contribution is 6.30. The minimum Gasteiger partial charge on any atom is -0.419 e. The third-order valence-electron chi connectivity index (χ3n) is 3.84. The van der Waals surface area contributed by atoms with E-state index in [0.29, 0.717) is 29.4 Å². The molecule has 0 amide bonds. The number of hydrogen-bond donors (Lipinski definition) is 1. The molecular weight excluding hydrogens is 288 g/mol. The van der Waals surface area contributed by atoms with E-state index < -0.39 is 0 Å². The van der Waals surface area contributed by atoms with Gasteiger partial charge in [-0.25, -0.2) is 0 Å². The summed E-state index contributed by atoms with van der Waals surface area (Å²) in [6, 6.07) is 7.94. The van der Waals surface area contributed by atoms with Crippen molar-refractivity contribution in [2.45, 2.75) is 25.4 Å². The summed E-state index contributed by atoms with van der Waals surface area (Å²) in [6.45, 7) is 2.81. The molecule has 2 heterocycles. The first kappa shape index (κ1) is 14.5. The van der Waals surface area contributed by atoms with Crippen molar-refractivity contribution in [1.82, 2.24) is 20.4 Å². The van der Waals surface area contributed by atoms with Gasteiger partial charge in [0.2, 0.25) is 11.8 Å². The lowest BCUT2D eigenvalue weighted by Gasteiger charge is -2.30. The lowest BCUT2D eigenvalue weighted by molar-refractivity contribution is 0.181. The molecule has 3 rings (SSSR count). The first-order valence-corrected chi connectivity index (χ1v) is 7.59. The molecule has 1 aromatic heterocycles. The number of nitrogens with one attached hydrogen (secondary N) is 1. The van der Waals surface area contributed by atoms with Crippen molar-refractivity contribution in [3.8, 4) is 11.5 Å². The van der Waals surface area contributed by atoms with Gasteiger partial charge in [-0.15, -0.1) is 10.2 Å². The summed E-state index contributed by atoms with van der Waals surface area (Å²) in [6.07, 6.45) is 2.43. The normalized spacial score (nSPS) is 19.1. The van der Waals surface area contributed by atoms with E-state index in [1.165, 1.54) is 12.8 Å². The van der Waals surface area contributed by atoms with Gasteiger partial charge in [-0.05, 0) is 50.7 Å². The molecule has 6 heteroatoms. The zero-order valence-electron chi connectivity index (χ0n) is 12.1. The van der Waals surface area contributed by atoms with E-state index in [1.807, 2.05) is 24.3 Å². The second-order valence-corrected chi connectivity index (χ2v) is 5.86. The molecule has 1 aliphatic rings. The highest BCUT2D eigenvalue weighted by atomic mass is 35.5. The second-order valence-electron chi connectivity index (χ2n) is 5.42. The van der Waals surface area contributed by atoms with Crippen molar-refractivity contribution in [3.05, 3.63) is 35.2 Å². The first-order valence-electron chi connectivity index (χ1n) is 7.21. The van der Waals surface area contributed by atoms with Crippen LogP contribution in [0.25, 0.3) is 11.5 Å². The smallest absolute Gasteiger partial charge is 0.247 e. The Morgan fingerprint density at radius 3 is 2.86 bits per heavy atom. The summed E-state index contributed by atoms with van der Waals surface area (Å²) >= 11 is 5.88. The number of rotatable bonds is 4. The van der Waals surface area contributed by atoms with E-state index >= 15 is 0 Å². The molecule has 21 heavy (non-hydrogen) atoms. The van der Waals surface area contributed by atoms with E-state index in [9.17, 15) is 0 Å². The molecule has 1 N–H and O–H groups in total. The van der Waals surface area contributed by atoms with Crippen LogP contribution in [0.1, 0.15) is 18.7 Å². The standard InChI is InChI=1S/C15H19ClN4O/c1-20(13-3-2-8-17-9-13)10-14-18-19-15(21-14)11-4-6-12(16)7-5-11/h4-7,13,17H,2-3,8-10H2,1H3. The largest absolute Gasteiger partial charge is 0.419 e. The molecule has 1 saturated heterocycles. The van der Waals surface area contributed by atoms with Gasteiger partial charge in [0.05, 0.1) is 6.54 Å². The van der Waals surface area contributed by atoms with Gasteiger partial charge >= 0.3 is 0 Å². The van der Waals surface area contributed by atoms with E-state index in [0.717, 1.165) is 18.7 Å². The van der Waals surface area contributed by atoms with Crippen LogP contribution in [-0.4, -0.2) is 41.3 Å². The van der Waals surface area contributed by atoms with Crippen LogP contribution >= 0.6 is 11.6 Å². The predicted octanol–water partition coefficient (Wildman–Crippen LogP) is 2.57. The molecule has 1 fully saturated rings. The van der Waals surface area contributed by atoms with Crippen LogP contribution in [0, 0.1) is 0 Å². The third kappa shape index (κ3) is 3.61. The minimum absolute atomic E-state index is 0.532. The van der Waals surface area contributed by atoms with Crippen LogP contribution in [0.4, 0.5) is 0 Å². The number of nitrogens with zero attached hydrogens (tertiary/aromatic N) is 3. The summed E-state index contributed by atoms with van der Waals surface area (Å²) < 4.78 is 5.74. The molecule has 112 valence electrons. The van der Waals surface area contributed by atoms with Crippen molar-refractivity contribution >= 4 is 11.6 Å². The first-order chi connectivity index (χ1) is 10.2. The lowest BCUT2D eigenvalue weighted by atomic mass is 10.1. The van der Waals surface area contributed by atoms with Crippen LogP contribution in [-0.2, 0) is 6.54 Å². The zero-order chi connectivity index (χ0) is 14.7. The summed E-state index contributed by atoms with van der Waals surface area (Å²) in [4.78, 5) is 2.27. The van der Waals surface area contributed by atoms with Crippen LogP contribution in [0.5, 0.6) is 0 Å². The molecule has 1 atom stereocenters. The molecule has 0 bridgehead atoms. The Bertz CT molecular complexity index is 578. The maximum absolute atomic E-state index is 5.88. The number of halogens is 1. The highest BCUT2D eigenvalue weighted by Crippen LogP contribution is 2.21. The van der Waals surface area contributed by atoms with E-state index in [4.69, 9.17) is 16.0 Å². The lowest BCUT2D eigenvalue weighted by Crippen LogP contribution is -2.43. The number of hydrogen-bond acceptors (Lipinski definition) is 5. The number of benzene rings is 1. The SMILES string of the molecule is CN(Cc1nnc(-c2ccc(Cl)cc2)o1)C1CCCNC1. The van der Waals surface area contributed by atoms with Crippen molar-refractivity contribution in [1.29, 1.82) is 0 Å². The molecular formula is C15H19ClN4O. The number of likely N-dealkylation sites (N-methyl/N-ethyl adjacent to an activating group) is 1. The molecule has 0 spiro atoms. The fraction of sp³-hybridized carbons (Fsp3) is 0.467. The Balaban J connectivity index is 1.65. The molecule has 1 aliphatic heterocycles. The van der Waals surface area contributed by atoms with Crippen molar-refractivity contribution in [2.75, 3.05) is 20.1 Å². The summed E-state index contributed by atoms with van der Waals surface area (Å²) in [5, 5.41) is 12.4. The number of aromatic nitrogens is 2. The van der Waals surface area contributed by atoms with E-state index in [2.05, 4.69) is 27.5 Å². The van der Waals surface area contributed by atoms with Gasteiger partial charge in [-0.1, -0.05) is 11.6 Å². The Labute approximate surface area is 129 Å². The monoisotopic (exact) mass is 306 g/mol. The Morgan fingerprint density at radius 1 is 1.33 bits per heavy atom. The van der Waals surface area contributed by atoms with Crippen LogP contribution in [0.2, 0.25) is 5.02 Å². The minimum atomic E-state index is 0.532. The van der Waals surface area contributed by atoms with Crippen LogP contribution in [0.3, 0.4) is 0 Å². The number of piperidine rings is 1. The van der Waals surface area contributed by atoms with Gasteiger partial charge in [0.15, 0.2) is 0 Å². The van der Waals surface area contributed by atoms with Gasteiger partial charge in [0.1, 0.15) is 0 Å². The molecule has 1 unspecified atom stereocenters. The molecule has 0 radical (unpaired) electrons. The van der Waals surface area contributed by atoms with Crippen molar-refractivity contribution in [3.63, 3.8) is 0 Å². The predicted molar refractivity (Wildman–Crippen MR) is 82.1 cm³/mol. The molecule has 5 nitrogen and oxygen atoms in total. The highest BCUT2D eigenvalue weighted by Gasteiger charge is 2.19. The average Bonchev–Trinajstić information content (AvgIpc) is 2.97. The Morgan fingerprint density at radius 2 is 2.14 bits per heavy atom. The molecule has 0 aliphatic carbocycles. The summed E-state index contributed by atoms with van der Waals surface area (Å²) in [7, 11) is 2.10. The Hall–Kier alpha value is -1.43. The topological polar surface area (TPSA) is 54.2 Å². The molecule has 0 saturated carbocycles. The van der Waals surface area contributed by atoms with Crippen molar-refractivity contribution in [2.24, 2.45) is 0 Å². The zero-order valence-corrected chi connectivity index (χ0v) is 12.8. The van der Waals surface area contributed by atoms with Gasteiger partial charge in [-0.3, -0.25) is 4.90 Å². The summed E-state index contributed by atoms with van der Waals surface area (Å²) in [5.74, 6) is 1.19. The quantitative estimate of drug-likeness (QED) is 0.941. The Kier molecular flexibility index (Phi) is 4.53. The maximum atomic E-state index is 5.88. The fourth-order valence-corrected chi connectivity index (χ4v) is 2.70. The van der Waals surface area contributed by atoms with Gasteiger partial charge < -0.3 is 9.73 Å². The fourth-order valence-electron chi connectivity index (χ4n) is 2.58. The van der Waals surface area contributed by atoms with E-state index in [-0.39, 0.29) is 0 Å². The third-order valence-corrected chi connectivity index (χ3v) is 4.09. The van der Waals surface area contributed by atoms with Crippen LogP contribution in [0.15, 0.2) is 28.7 Å². The second kappa shape index (κ2) is 6.56. The van der Waals surface area contributed by atoms with Gasteiger partial charge in [-0.2, -0.15) is 0 Å². The van der Waals surface area contributed by atoms with Gasteiger partial charge in [0.25, 0.3) is 0 Å². The average molecular weight is 307 g/mol. The van der Waals surface area contributed by atoms with Crippen LogP contribution < -0.4 is 5.32 Å². The van der Waals surface area contributed by atoms with E-state index in [1.54, 1.807) is 0 Å². The molecule has 1 aromatic carbocycles.